The van der Waals surface area contributed by atoms with E-state index in [2.05, 4.69) is 32.6 Å². The van der Waals surface area contributed by atoms with Gasteiger partial charge in [-0.25, -0.2) is 9.18 Å². The number of hydrogen-bond acceptors (Lipinski definition) is 7. The molecule has 5 rings (SSSR count). The lowest BCUT2D eigenvalue weighted by Crippen LogP contribution is -2.48. The number of carboxylic acids is 1. The normalized spacial score (nSPS) is 17.9. The van der Waals surface area contributed by atoms with Crippen molar-refractivity contribution in [2.45, 2.75) is 64.8 Å². The van der Waals surface area contributed by atoms with Gasteiger partial charge in [-0.1, -0.05) is 39.5 Å². The number of aromatic carboxylic acids is 1. The molecule has 0 bridgehead atoms. The van der Waals surface area contributed by atoms with Gasteiger partial charge >= 0.3 is 5.97 Å². The van der Waals surface area contributed by atoms with Gasteiger partial charge in [0.1, 0.15) is 18.0 Å². The Hall–Kier alpha value is -3.31. The molecule has 2 aromatic heterocycles. The molecule has 0 spiro atoms. The summed E-state index contributed by atoms with van der Waals surface area (Å²) < 4.78 is 18.6. The summed E-state index contributed by atoms with van der Waals surface area (Å²) in [5.74, 6) is -1.43. The molecule has 2 unspecified atom stereocenters. The average Bonchev–Trinajstić information content (AvgIpc) is 2.89. The Labute approximate surface area is 255 Å². The Kier molecular flexibility index (Phi) is 8.68. The molecular formula is C32H41FN4O5S. The van der Waals surface area contributed by atoms with Crippen molar-refractivity contribution in [3.8, 4) is 0 Å². The summed E-state index contributed by atoms with van der Waals surface area (Å²) in [5.41, 5.74) is 1.87. The van der Waals surface area contributed by atoms with Gasteiger partial charge in [0.05, 0.1) is 27.3 Å². The number of thioether (sulfide) groups is 1. The molecule has 4 heterocycles. The Morgan fingerprint density at radius 1 is 1.14 bits per heavy atom. The molecule has 232 valence electrons. The van der Waals surface area contributed by atoms with Crippen molar-refractivity contribution >= 4 is 34.3 Å². The number of aryl methyl sites for hydroxylation is 1. The van der Waals surface area contributed by atoms with Gasteiger partial charge in [-0.05, 0) is 61.8 Å². The number of fused-ring (bicyclic) bond motifs is 3. The van der Waals surface area contributed by atoms with Crippen molar-refractivity contribution < 1.29 is 19.1 Å². The van der Waals surface area contributed by atoms with E-state index in [9.17, 15) is 19.5 Å². The molecule has 0 amide bonds. The fourth-order valence-electron chi connectivity index (χ4n) is 6.46. The SMILES string of the molecule is Cc1cc(CC(C)CC(C)(C)C)n(OCCN2CCN(c3cc4c(cc3F)c(=O)c(C(=O)O)c3n4C(C)S3)CC2)c(=O)c1. The summed E-state index contributed by atoms with van der Waals surface area (Å²) >= 11 is 1.33. The first-order valence-corrected chi connectivity index (χ1v) is 15.8. The predicted molar refractivity (Wildman–Crippen MR) is 168 cm³/mol. The molecule has 43 heavy (non-hydrogen) atoms. The standard InChI is InChI=1S/C32H41FN4O5S/c1-19-13-22(14-20(2)18-32(4,5)6)37(27(38)15-19)42-12-11-34-7-9-35(10-8-34)26-17-25-23(16-24(26)33)29(39)28(31(40)41)30-36(25)21(3)43-30/h13,15-17,20-21H,7-12,14,18H2,1-6H3,(H,40,41). The van der Waals surface area contributed by atoms with Gasteiger partial charge in [0.2, 0.25) is 5.43 Å². The fraction of sp³-hybridized carbons (Fsp3) is 0.531. The van der Waals surface area contributed by atoms with E-state index in [1.807, 2.05) is 29.4 Å². The molecule has 1 N–H and O–H groups in total. The number of rotatable bonds is 9. The number of anilines is 1. The minimum atomic E-state index is -1.29. The topological polar surface area (TPSA) is 97.0 Å². The first-order chi connectivity index (χ1) is 20.2. The van der Waals surface area contributed by atoms with Crippen molar-refractivity contribution in [1.82, 2.24) is 14.2 Å². The second-order valence-corrected chi connectivity index (χ2v) is 14.4. The summed E-state index contributed by atoms with van der Waals surface area (Å²) in [6, 6.07) is 6.49. The van der Waals surface area contributed by atoms with Crippen molar-refractivity contribution in [3.05, 3.63) is 67.5 Å². The average molecular weight is 613 g/mol. The van der Waals surface area contributed by atoms with E-state index in [1.54, 1.807) is 12.1 Å². The first-order valence-electron chi connectivity index (χ1n) is 14.9. The van der Waals surface area contributed by atoms with Crippen LogP contribution in [0.5, 0.6) is 0 Å². The Bertz CT molecular complexity index is 1670. The number of piperazine rings is 1. The van der Waals surface area contributed by atoms with E-state index in [0.717, 1.165) is 24.1 Å². The molecule has 0 radical (unpaired) electrons. The highest BCUT2D eigenvalue weighted by Gasteiger charge is 2.33. The molecule has 9 nitrogen and oxygen atoms in total. The monoisotopic (exact) mass is 612 g/mol. The Balaban J connectivity index is 1.24. The quantitative estimate of drug-likeness (QED) is 0.368. The third-order valence-electron chi connectivity index (χ3n) is 8.15. The lowest BCUT2D eigenvalue weighted by Gasteiger charge is -2.37. The number of hydrogen-bond donors (Lipinski definition) is 1. The van der Waals surface area contributed by atoms with Crippen LogP contribution < -0.4 is 20.7 Å². The molecule has 1 aromatic carbocycles. The van der Waals surface area contributed by atoms with Gasteiger partial charge in [0.15, 0.2) is 0 Å². The largest absolute Gasteiger partial charge is 0.477 e. The van der Waals surface area contributed by atoms with E-state index < -0.39 is 17.2 Å². The zero-order valence-corrected chi connectivity index (χ0v) is 26.6. The predicted octanol–water partition coefficient (Wildman–Crippen LogP) is 4.80. The van der Waals surface area contributed by atoms with Crippen LogP contribution >= 0.6 is 11.8 Å². The number of carboxylic acid groups (broad SMARTS) is 1. The van der Waals surface area contributed by atoms with Crippen LogP contribution in [-0.4, -0.2) is 64.6 Å². The molecule has 2 aliphatic rings. The third kappa shape index (κ3) is 6.47. The summed E-state index contributed by atoms with van der Waals surface area (Å²) in [6.07, 6.45) is 1.80. The summed E-state index contributed by atoms with van der Waals surface area (Å²) in [7, 11) is 0. The number of carbonyl (C=O) groups is 1. The Morgan fingerprint density at radius 2 is 1.84 bits per heavy atom. The van der Waals surface area contributed by atoms with Gasteiger partial charge in [-0.2, -0.15) is 0 Å². The molecule has 1 saturated heterocycles. The third-order valence-corrected chi connectivity index (χ3v) is 9.33. The molecule has 1 fully saturated rings. The van der Waals surface area contributed by atoms with E-state index in [0.29, 0.717) is 61.5 Å². The molecule has 0 aliphatic carbocycles. The highest BCUT2D eigenvalue weighted by atomic mass is 32.2. The molecule has 2 atom stereocenters. The second kappa shape index (κ2) is 12.0. The molecule has 0 saturated carbocycles. The molecule has 11 heteroatoms. The van der Waals surface area contributed by atoms with Crippen LogP contribution in [0.2, 0.25) is 0 Å². The van der Waals surface area contributed by atoms with Crippen LogP contribution in [0.4, 0.5) is 10.1 Å². The van der Waals surface area contributed by atoms with Crippen molar-refractivity contribution in [2.24, 2.45) is 11.3 Å². The van der Waals surface area contributed by atoms with Gasteiger partial charge < -0.3 is 19.4 Å². The van der Waals surface area contributed by atoms with Crippen molar-refractivity contribution in [3.63, 3.8) is 0 Å². The minimum absolute atomic E-state index is 0.0467. The first kappa shape index (κ1) is 31.1. The van der Waals surface area contributed by atoms with E-state index in [4.69, 9.17) is 4.84 Å². The Morgan fingerprint density at radius 3 is 2.47 bits per heavy atom. The zero-order valence-electron chi connectivity index (χ0n) is 25.8. The van der Waals surface area contributed by atoms with Crippen LogP contribution in [0.25, 0.3) is 10.9 Å². The van der Waals surface area contributed by atoms with Gasteiger partial charge in [0, 0.05) is 44.2 Å². The van der Waals surface area contributed by atoms with E-state index in [1.165, 1.54) is 22.6 Å². The van der Waals surface area contributed by atoms with Gasteiger partial charge in [-0.3, -0.25) is 14.5 Å². The number of nitrogens with zero attached hydrogens (tertiary/aromatic N) is 4. The lowest BCUT2D eigenvalue weighted by atomic mass is 9.83. The summed E-state index contributed by atoms with van der Waals surface area (Å²) in [6.45, 7) is 16.2. The van der Waals surface area contributed by atoms with E-state index in [-0.39, 0.29) is 27.3 Å². The maximum absolute atomic E-state index is 15.3. The fourth-order valence-corrected chi connectivity index (χ4v) is 7.62. The van der Waals surface area contributed by atoms with Crippen LogP contribution in [0, 0.1) is 24.1 Å². The van der Waals surface area contributed by atoms with Crippen LogP contribution in [0.1, 0.15) is 68.0 Å². The van der Waals surface area contributed by atoms with Crippen LogP contribution in [0.3, 0.4) is 0 Å². The second-order valence-electron chi connectivity index (χ2n) is 13.1. The maximum Gasteiger partial charge on any atom is 0.342 e. The minimum Gasteiger partial charge on any atom is -0.477 e. The van der Waals surface area contributed by atoms with Crippen molar-refractivity contribution in [2.75, 3.05) is 44.2 Å². The lowest BCUT2D eigenvalue weighted by molar-refractivity contribution is 0.0689. The number of halogens is 1. The summed E-state index contributed by atoms with van der Waals surface area (Å²) in [5, 5.41) is 10.0. The number of aromatic nitrogens is 2. The van der Waals surface area contributed by atoms with Gasteiger partial charge in [-0.15, -0.1) is 4.73 Å². The van der Waals surface area contributed by atoms with Crippen molar-refractivity contribution in [1.29, 1.82) is 0 Å². The number of benzene rings is 1. The van der Waals surface area contributed by atoms with Crippen LogP contribution in [-0.2, 0) is 6.42 Å². The van der Waals surface area contributed by atoms with Gasteiger partial charge in [0.25, 0.3) is 5.56 Å². The zero-order chi connectivity index (χ0) is 31.2. The summed E-state index contributed by atoms with van der Waals surface area (Å²) in [4.78, 5) is 47.7. The molecule has 2 aliphatic heterocycles. The maximum atomic E-state index is 15.3. The molecule has 3 aromatic rings. The highest BCUT2D eigenvalue weighted by molar-refractivity contribution is 8.00. The highest BCUT2D eigenvalue weighted by Crippen LogP contribution is 2.46. The van der Waals surface area contributed by atoms with Crippen LogP contribution in [0.15, 0.2) is 38.9 Å². The smallest absolute Gasteiger partial charge is 0.342 e. The number of pyridine rings is 2. The van der Waals surface area contributed by atoms with E-state index >= 15 is 4.39 Å². The molecular weight excluding hydrogens is 571 g/mol.